The average Bonchev–Trinajstić information content (AvgIpc) is 3.82. The molecule has 8 nitrogen and oxygen atoms in total. The van der Waals surface area contributed by atoms with E-state index in [1.54, 1.807) is 0 Å². The summed E-state index contributed by atoms with van der Waals surface area (Å²) in [6, 6.07) is 25.3. The van der Waals surface area contributed by atoms with Gasteiger partial charge < -0.3 is 4.57 Å². The summed E-state index contributed by atoms with van der Waals surface area (Å²) in [6.45, 7) is 2.73. The van der Waals surface area contributed by atoms with Crippen molar-refractivity contribution in [3.05, 3.63) is 84.6 Å². The van der Waals surface area contributed by atoms with Crippen LogP contribution in [0.1, 0.15) is 57.4 Å². The van der Waals surface area contributed by atoms with E-state index >= 15 is 0 Å². The van der Waals surface area contributed by atoms with E-state index in [2.05, 4.69) is 111 Å². The Bertz CT molecular complexity index is 1730. The fourth-order valence-corrected chi connectivity index (χ4v) is 6.37. The van der Waals surface area contributed by atoms with Crippen LogP contribution in [0.3, 0.4) is 0 Å². The Balaban J connectivity index is 1.22. The van der Waals surface area contributed by atoms with Crippen molar-refractivity contribution < 1.29 is 4.79 Å². The lowest BCUT2D eigenvalue weighted by Crippen LogP contribution is -2.40. The number of aliphatic imine (C=N–C) groups is 1. The second-order valence-electron chi connectivity index (χ2n) is 11.2. The zero-order valence-electron chi connectivity index (χ0n) is 23.3. The molecule has 3 heterocycles. The molecule has 0 unspecified atom stereocenters. The Morgan fingerprint density at radius 3 is 2.56 bits per heavy atom. The van der Waals surface area contributed by atoms with Crippen molar-refractivity contribution >= 4 is 22.6 Å². The van der Waals surface area contributed by atoms with Crippen molar-refractivity contribution in [1.29, 1.82) is 0 Å². The molecule has 0 atom stereocenters. The second-order valence-corrected chi connectivity index (χ2v) is 11.2. The van der Waals surface area contributed by atoms with E-state index in [0.717, 1.165) is 84.2 Å². The summed E-state index contributed by atoms with van der Waals surface area (Å²) in [5.74, 6) is 1.71. The molecule has 41 heavy (non-hydrogen) atoms. The molecule has 5 aromatic rings. The average molecular weight is 544 g/mol. The van der Waals surface area contributed by atoms with Crippen LogP contribution in [-0.4, -0.2) is 47.4 Å². The van der Waals surface area contributed by atoms with E-state index in [1.807, 2.05) is 4.90 Å². The number of H-pyrrole nitrogens is 1. The number of para-hydroxylation sites is 1. The molecule has 1 spiro atoms. The van der Waals surface area contributed by atoms with Gasteiger partial charge in [-0.15, -0.1) is 10.2 Å². The third-order valence-electron chi connectivity index (χ3n) is 8.56. The van der Waals surface area contributed by atoms with Crippen molar-refractivity contribution in [1.82, 2.24) is 30.1 Å². The van der Waals surface area contributed by atoms with Crippen LogP contribution in [0.2, 0.25) is 0 Å². The first-order chi connectivity index (χ1) is 20.1. The number of nitrogens with zero attached hydrogens (tertiary/aromatic N) is 6. The van der Waals surface area contributed by atoms with Crippen molar-refractivity contribution in [2.45, 2.75) is 64.0 Å². The zero-order chi connectivity index (χ0) is 27.8. The third kappa shape index (κ3) is 4.53. The number of amides is 1. The summed E-state index contributed by atoms with van der Waals surface area (Å²) >= 11 is 0. The van der Waals surface area contributed by atoms with Gasteiger partial charge in [-0.3, -0.25) is 14.7 Å². The molecule has 1 fully saturated rings. The predicted octanol–water partition coefficient (Wildman–Crippen LogP) is 6.72. The highest BCUT2D eigenvalue weighted by molar-refractivity contribution is 6.08. The van der Waals surface area contributed by atoms with Gasteiger partial charge in [0.25, 0.3) is 5.91 Å². The van der Waals surface area contributed by atoms with Crippen molar-refractivity contribution in [3.63, 3.8) is 0 Å². The molecule has 0 bridgehead atoms. The number of unbranched alkanes of at least 4 members (excludes halogenated alkanes) is 1. The van der Waals surface area contributed by atoms with Gasteiger partial charge in [-0.2, -0.15) is 5.21 Å². The summed E-state index contributed by atoms with van der Waals surface area (Å²) in [5, 5.41) is 16.1. The lowest BCUT2D eigenvalue weighted by Gasteiger charge is -2.23. The van der Waals surface area contributed by atoms with Gasteiger partial charge >= 0.3 is 0 Å². The van der Waals surface area contributed by atoms with Gasteiger partial charge in [-0.05, 0) is 76.9 Å². The number of amidine groups is 1. The molecule has 1 aliphatic carbocycles. The Hall–Kier alpha value is -4.59. The number of nitrogens with one attached hydrogen (secondary N) is 1. The van der Waals surface area contributed by atoms with Gasteiger partial charge in [-0.1, -0.05) is 68.7 Å². The van der Waals surface area contributed by atoms with Gasteiger partial charge in [-0.25, -0.2) is 0 Å². The minimum absolute atomic E-state index is 0.191. The summed E-state index contributed by atoms with van der Waals surface area (Å²) < 4.78 is 2.20. The molecule has 1 saturated carbocycles. The number of carbonyl (C=O) groups excluding carboxylic acids is 1. The highest BCUT2D eigenvalue weighted by atomic mass is 16.2. The Kier molecular flexibility index (Phi) is 6.46. The molecule has 206 valence electrons. The van der Waals surface area contributed by atoms with Gasteiger partial charge in [0.15, 0.2) is 0 Å². The highest BCUT2D eigenvalue weighted by Gasteiger charge is 2.49. The molecule has 1 aliphatic heterocycles. The molecule has 8 heteroatoms. The van der Waals surface area contributed by atoms with Gasteiger partial charge in [0.1, 0.15) is 11.4 Å². The summed E-state index contributed by atoms with van der Waals surface area (Å²) in [4.78, 5) is 20.6. The first kappa shape index (κ1) is 25.4. The summed E-state index contributed by atoms with van der Waals surface area (Å²) in [6.07, 6.45) is 9.01. The molecule has 7 rings (SSSR count). The lowest BCUT2D eigenvalue weighted by molar-refractivity contribution is -0.131. The van der Waals surface area contributed by atoms with Crippen LogP contribution in [-0.2, 0) is 11.3 Å². The molecule has 1 amide bonds. The van der Waals surface area contributed by atoms with Crippen LogP contribution < -0.4 is 0 Å². The first-order valence-corrected chi connectivity index (χ1v) is 14.6. The Morgan fingerprint density at radius 2 is 1.78 bits per heavy atom. The number of hydrogen-bond donors (Lipinski definition) is 1. The van der Waals surface area contributed by atoms with E-state index in [9.17, 15) is 4.79 Å². The largest absolute Gasteiger partial charge is 0.317 e. The van der Waals surface area contributed by atoms with Crippen LogP contribution in [0.15, 0.2) is 84.0 Å². The molecule has 0 radical (unpaired) electrons. The van der Waals surface area contributed by atoms with Crippen LogP contribution in [0.5, 0.6) is 0 Å². The highest BCUT2D eigenvalue weighted by Crippen LogP contribution is 2.40. The van der Waals surface area contributed by atoms with E-state index in [4.69, 9.17) is 4.99 Å². The molecule has 1 N–H and O–H groups in total. The van der Waals surface area contributed by atoms with Gasteiger partial charge in [0.05, 0.1) is 12.1 Å². The van der Waals surface area contributed by atoms with E-state index in [-0.39, 0.29) is 5.91 Å². The molecule has 0 saturated heterocycles. The van der Waals surface area contributed by atoms with Crippen molar-refractivity contribution in [2.24, 2.45) is 4.99 Å². The van der Waals surface area contributed by atoms with Crippen LogP contribution >= 0.6 is 0 Å². The maximum Gasteiger partial charge on any atom is 0.256 e. The summed E-state index contributed by atoms with van der Waals surface area (Å²) in [7, 11) is 0. The fourth-order valence-electron chi connectivity index (χ4n) is 6.37. The maximum absolute atomic E-state index is 13.6. The molecule has 2 aliphatic rings. The second kappa shape index (κ2) is 10.4. The van der Waals surface area contributed by atoms with E-state index < -0.39 is 5.54 Å². The van der Waals surface area contributed by atoms with Crippen molar-refractivity contribution in [3.8, 4) is 28.2 Å². The minimum Gasteiger partial charge on any atom is -0.317 e. The smallest absolute Gasteiger partial charge is 0.256 e. The molecular weight excluding hydrogens is 510 g/mol. The summed E-state index contributed by atoms with van der Waals surface area (Å²) in [5.41, 5.74) is 5.75. The zero-order valence-corrected chi connectivity index (χ0v) is 23.3. The standard InChI is InChI=1S/C33H33N7O/c1-2-3-10-30-34-33(18-6-7-19-33)32(41)40(30)22-23-11-13-24(14-12-23)28-21-26(15-16-27(28)31-35-37-38-36-31)39-20-17-25-8-4-5-9-29(25)39/h4-5,8-9,11-17,20-21H,2-3,6-7,10,18-19,22H2,1H3,(H,35,36,37,38). The molecule has 2 aromatic heterocycles. The first-order valence-electron chi connectivity index (χ1n) is 14.6. The van der Waals surface area contributed by atoms with Crippen molar-refractivity contribution in [2.75, 3.05) is 0 Å². The lowest BCUT2D eigenvalue weighted by atomic mass is 9.96. The van der Waals surface area contributed by atoms with Crippen LogP contribution in [0, 0.1) is 0 Å². The van der Waals surface area contributed by atoms with Gasteiger partial charge in [0.2, 0.25) is 5.82 Å². The number of aromatic nitrogens is 5. The van der Waals surface area contributed by atoms with Crippen LogP contribution in [0.4, 0.5) is 0 Å². The molecular formula is C33H33N7O. The number of rotatable bonds is 8. The Labute approximate surface area is 239 Å². The topological polar surface area (TPSA) is 92.1 Å². The number of carbonyl (C=O) groups is 1. The number of tetrazole rings is 1. The normalized spacial score (nSPS) is 16.3. The van der Waals surface area contributed by atoms with Crippen LogP contribution in [0.25, 0.3) is 39.1 Å². The quantitative estimate of drug-likeness (QED) is 0.235. The third-order valence-corrected chi connectivity index (χ3v) is 8.56. The number of benzene rings is 3. The van der Waals surface area contributed by atoms with E-state index in [1.165, 1.54) is 5.39 Å². The number of hydrogen-bond acceptors (Lipinski definition) is 5. The SMILES string of the molecule is CCCCC1=NC2(CCCC2)C(=O)N1Cc1ccc(-c2cc(-n3ccc4ccccc43)ccc2-c2nn[nH]n2)cc1. The molecule has 3 aromatic carbocycles. The monoisotopic (exact) mass is 543 g/mol. The van der Waals surface area contributed by atoms with E-state index in [0.29, 0.717) is 12.4 Å². The Morgan fingerprint density at radius 1 is 0.951 bits per heavy atom. The number of aromatic amines is 1. The fraction of sp³-hybridized carbons (Fsp3) is 0.303. The maximum atomic E-state index is 13.6. The minimum atomic E-state index is -0.508. The van der Waals surface area contributed by atoms with Gasteiger partial charge in [0, 0.05) is 23.9 Å². The predicted molar refractivity (Wildman–Crippen MR) is 161 cm³/mol. The number of fused-ring (bicyclic) bond motifs is 1.